The first-order valence-corrected chi connectivity index (χ1v) is 13.5. The lowest BCUT2D eigenvalue weighted by molar-refractivity contribution is 0.194. The van der Waals surface area contributed by atoms with E-state index in [0.29, 0.717) is 6.54 Å². The maximum atomic E-state index is 14.2. The van der Waals surface area contributed by atoms with Gasteiger partial charge in [-0.05, 0) is 86.0 Å². The summed E-state index contributed by atoms with van der Waals surface area (Å²) in [6.07, 6.45) is 2.07. The second-order valence-electron chi connectivity index (χ2n) is 10.8. The molecule has 1 aliphatic rings. The largest absolute Gasteiger partial charge is 0.378 e. The van der Waals surface area contributed by atoms with E-state index in [1.54, 1.807) is 0 Å². The van der Waals surface area contributed by atoms with Crippen molar-refractivity contribution in [1.82, 2.24) is 19.2 Å². The highest BCUT2D eigenvalue weighted by Crippen LogP contribution is 2.39. The summed E-state index contributed by atoms with van der Waals surface area (Å²) in [6.45, 7) is 6.52. The predicted molar refractivity (Wildman–Crippen MR) is 161 cm³/mol. The predicted octanol–water partition coefficient (Wildman–Crippen LogP) is 6.79. The summed E-state index contributed by atoms with van der Waals surface area (Å²) in [6, 6.07) is 28.4. The van der Waals surface area contributed by atoms with E-state index in [-0.39, 0.29) is 12.1 Å². The molecule has 0 saturated heterocycles. The molecule has 6 rings (SSSR count). The highest BCUT2D eigenvalue weighted by Gasteiger charge is 2.36. The molecule has 7 nitrogen and oxygen atoms in total. The molecule has 40 heavy (non-hydrogen) atoms. The first kappa shape index (κ1) is 25.5. The van der Waals surface area contributed by atoms with E-state index in [1.165, 1.54) is 0 Å². The summed E-state index contributed by atoms with van der Waals surface area (Å²) < 4.78 is 4.18. The zero-order valence-electron chi connectivity index (χ0n) is 23.6. The number of urea groups is 1. The van der Waals surface area contributed by atoms with Crippen molar-refractivity contribution in [3.63, 3.8) is 0 Å². The van der Waals surface area contributed by atoms with Crippen LogP contribution in [-0.4, -0.2) is 39.4 Å². The third kappa shape index (κ3) is 4.53. The first-order valence-electron chi connectivity index (χ1n) is 13.5. The quantitative estimate of drug-likeness (QED) is 0.278. The molecule has 0 fully saturated rings. The minimum Gasteiger partial charge on any atom is -0.378 e. The van der Waals surface area contributed by atoms with Gasteiger partial charge in [-0.15, -0.1) is 0 Å². The molecule has 0 saturated carbocycles. The maximum Gasteiger partial charge on any atom is 0.322 e. The van der Waals surface area contributed by atoms with Crippen LogP contribution in [0.1, 0.15) is 39.7 Å². The molecule has 2 amide bonds. The Morgan fingerprint density at radius 2 is 1.60 bits per heavy atom. The van der Waals surface area contributed by atoms with E-state index >= 15 is 0 Å². The summed E-state index contributed by atoms with van der Waals surface area (Å²) in [7, 11) is 4.06. The normalized spacial score (nSPS) is 14.3. The number of hydrogen-bond acceptors (Lipinski definition) is 3. The van der Waals surface area contributed by atoms with E-state index < -0.39 is 0 Å². The Labute approximate surface area is 235 Å². The van der Waals surface area contributed by atoms with Crippen molar-refractivity contribution < 1.29 is 4.79 Å². The third-order valence-electron chi connectivity index (χ3n) is 7.55. The number of rotatable bonds is 4. The maximum absolute atomic E-state index is 14.2. The number of aryl methyl sites for hydroxylation is 3. The van der Waals surface area contributed by atoms with E-state index in [1.807, 2.05) is 80.8 Å². The molecule has 1 unspecified atom stereocenters. The number of para-hydroxylation sites is 1. The fourth-order valence-electron chi connectivity index (χ4n) is 5.70. The summed E-state index contributed by atoms with van der Waals surface area (Å²) in [5, 5.41) is 8.15. The summed E-state index contributed by atoms with van der Waals surface area (Å²) in [5.74, 6) is 0.959. The Bertz CT molecular complexity index is 1660. The molecule has 1 N–H and O–H groups in total. The van der Waals surface area contributed by atoms with Crippen LogP contribution in [0.4, 0.5) is 16.2 Å². The van der Waals surface area contributed by atoms with Crippen LogP contribution in [0.25, 0.3) is 11.5 Å². The molecule has 3 aromatic carbocycles. The Hall–Kier alpha value is -4.78. The second kappa shape index (κ2) is 10.1. The van der Waals surface area contributed by atoms with Crippen LogP contribution >= 0.6 is 0 Å². The van der Waals surface area contributed by atoms with Gasteiger partial charge in [-0.2, -0.15) is 5.10 Å². The van der Waals surface area contributed by atoms with Crippen LogP contribution in [0.15, 0.2) is 91.1 Å². The van der Waals surface area contributed by atoms with Gasteiger partial charge < -0.3 is 19.7 Å². The van der Waals surface area contributed by atoms with Gasteiger partial charge >= 0.3 is 6.03 Å². The molecule has 2 aromatic heterocycles. The van der Waals surface area contributed by atoms with E-state index in [0.717, 1.165) is 56.5 Å². The van der Waals surface area contributed by atoms with E-state index in [4.69, 9.17) is 5.10 Å². The number of fused-ring (bicyclic) bond motifs is 3. The number of carbonyl (C=O) groups excluding carboxylic acids is 1. The Morgan fingerprint density at radius 3 is 2.27 bits per heavy atom. The zero-order valence-corrected chi connectivity index (χ0v) is 23.6. The number of hydrogen-bond donors (Lipinski definition) is 1. The van der Waals surface area contributed by atoms with Crippen molar-refractivity contribution in [2.24, 2.45) is 0 Å². The second-order valence-corrected chi connectivity index (χ2v) is 10.8. The Balaban J connectivity index is 1.52. The molecule has 0 radical (unpaired) electrons. The minimum atomic E-state index is -0.312. The molecular formula is C33H34N6O. The summed E-state index contributed by atoms with van der Waals surface area (Å²) in [5.41, 5.74) is 9.06. The highest BCUT2D eigenvalue weighted by molar-refractivity contribution is 5.90. The van der Waals surface area contributed by atoms with Crippen molar-refractivity contribution >= 4 is 17.4 Å². The zero-order chi connectivity index (χ0) is 28.0. The van der Waals surface area contributed by atoms with Gasteiger partial charge in [0.05, 0.1) is 29.7 Å². The summed E-state index contributed by atoms with van der Waals surface area (Å²) >= 11 is 0. The van der Waals surface area contributed by atoms with Crippen LogP contribution in [0, 0.1) is 20.8 Å². The lowest BCUT2D eigenvalue weighted by Crippen LogP contribution is -2.38. The lowest BCUT2D eigenvalue weighted by Gasteiger charge is -2.31. The molecule has 0 aliphatic carbocycles. The molecule has 3 heterocycles. The smallest absolute Gasteiger partial charge is 0.322 e. The van der Waals surface area contributed by atoms with Crippen molar-refractivity contribution in [2.45, 2.75) is 33.4 Å². The number of aromatic nitrogens is 3. The molecule has 5 aromatic rings. The molecule has 7 heteroatoms. The standard InChI is InChI=1S/C33H34N6O/c1-22-18-23(2)20-26(19-22)34-33(40)38-21-29-24(3)35-39(28-10-7-6-8-11-28)32(29)37-17-9-12-30(37)31(38)25-13-15-27(16-14-25)36(4)5/h6-20,31H,21H2,1-5H3,(H,34,40). The summed E-state index contributed by atoms with van der Waals surface area (Å²) in [4.78, 5) is 18.2. The topological polar surface area (TPSA) is 58.3 Å². The van der Waals surface area contributed by atoms with Crippen LogP contribution < -0.4 is 10.2 Å². The average Bonchev–Trinajstić information content (AvgIpc) is 3.49. The van der Waals surface area contributed by atoms with Crippen LogP contribution in [0.5, 0.6) is 0 Å². The minimum absolute atomic E-state index is 0.154. The van der Waals surface area contributed by atoms with Crippen LogP contribution in [0.3, 0.4) is 0 Å². The molecule has 202 valence electrons. The van der Waals surface area contributed by atoms with Gasteiger partial charge in [-0.1, -0.05) is 36.4 Å². The van der Waals surface area contributed by atoms with Gasteiger partial charge in [0, 0.05) is 37.2 Å². The van der Waals surface area contributed by atoms with Crippen molar-refractivity contribution in [3.8, 4) is 11.5 Å². The molecule has 1 atom stereocenters. The fraction of sp³-hybridized carbons (Fsp3) is 0.212. The van der Waals surface area contributed by atoms with Gasteiger partial charge in [0.25, 0.3) is 0 Å². The van der Waals surface area contributed by atoms with Gasteiger partial charge in [0.15, 0.2) is 0 Å². The Kier molecular flexibility index (Phi) is 6.42. The number of anilines is 2. The molecule has 0 bridgehead atoms. The first-order chi connectivity index (χ1) is 19.3. The number of benzene rings is 3. The van der Waals surface area contributed by atoms with Gasteiger partial charge in [0.1, 0.15) is 5.82 Å². The highest BCUT2D eigenvalue weighted by atomic mass is 16.2. The molecule has 1 aliphatic heterocycles. The Morgan fingerprint density at radius 1 is 0.900 bits per heavy atom. The third-order valence-corrected chi connectivity index (χ3v) is 7.55. The van der Waals surface area contributed by atoms with Crippen LogP contribution in [-0.2, 0) is 6.54 Å². The van der Waals surface area contributed by atoms with Gasteiger partial charge in [-0.25, -0.2) is 9.48 Å². The fourth-order valence-corrected chi connectivity index (χ4v) is 5.70. The number of amides is 2. The number of nitrogens with one attached hydrogen (secondary N) is 1. The molecular weight excluding hydrogens is 496 g/mol. The molecule has 0 spiro atoms. The van der Waals surface area contributed by atoms with E-state index in [2.05, 4.69) is 69.5 Å². The number of carbonyl (C=O) groups is 1. The van der Waals surface area contributed by atoms with E-state index in [9.17, 15) is 4.79 Å². The SMILES string of the molecule is Cc1cc(C)cc(NC(=O)N2Cc3c(C)nn(-c4ccccc4)c3-n3cccc3C2c2ccc(N(C)C)cc2)c1. The van der Waals surface area contributed by atoms with Crippen molar-refractivity contribution in [1.29, 1.82) is 0 Å². The lowest BCUT2D eigenvalue weighted by atomic mass is 10.0. The van der Waals surface area contributed by atoms with Crippen LogP contribution in [0.2, 0.25) is 0 Å². The monoisotopic (exact) mass is 530 g/mol. The van der Waals surface area contributed by atoms with Crippen molar-refractivity contribution in [2.75, 3.05) is 24.3 Å². The average molecular weight is 531 g/mol. The van der Waals surface area contributed by atoms with Gasteiger partial charge in [0.2, 0.25) is 0 Å². The number of nitrogens with zero attached hydrogens (tertiary/aromatic N) is 5. The van der Waals surface area contributed by atoms with Gasteiger partial charge in [-0.3, -0.25) is 0 Å². The van der Waals surface area contributed by atoms with Crippen molar-refractivity contribution in [3.05, 3.63) is 125 Å².